The Labute approximate surface area is 132 Å². The van der Waals surface area contributed by atoms with Crippen LogP contribution >= 0.6 is 0 Å². The minimum atomic E-state index is -0.818. The molecule has 1 aromatic carbocycles. The molecular formula is C17H26O5. The molecule has 0 aliphatic rings. The highest BCUT2D eigenvalue weighted by molar-refractivity contribution is 5.69. The maximum absolute atomic E-state index is 11.1. The Morgan fingerprint density at radius 3 is 2.09 bits per heavy atom. The summed E-state index contributed by atoms with van der Waals surface area (Å²) >= 11 is 0. The first kappa shape index (κ1) is 18.1. The van der Waals surface area contributed by atoms with Gasteiger partial charge in [0.15, 0.2) is 11.5 Å². The van der Waals surface area contributed by atoms with Gasteiger partial charge in [-0.15, -0.1) is 0 Å². The molecule has 0 saturated carbocycles. The lowest BCUT2D eigenvalue weighted by Crippen LogP contribution is -2.10. The monoisotopic (exact) mass is 310 g/mol. The Balaban J connectivity index is 3.36. The predicted octanol–water partition coefficient (Wildman–Crippen LogP) is 3.85. The fourth-order valence-electron chi connectivity index (χ4n) is 2.41. The van der Waals surface area contributed by atoms with Crippen LogP contribution in [0, 0.1) is 0 Å². The van der Waals surface area contributed by atoms with Gasteiger partial charge in [-0.2, -0.15) is 0 Å². The van der Waals surface area contributed by atoms with Crippen LogP contribution < -0.4 is 14.2 Å². The summed E-state index contributed by atoms with van der Waals surface area (Å²) < 4.78 is 17.1. The molecule has 0 heterocycles. The largest absolute Gasteiger partial charge is 0.490 e. The molecule has 0 radical (unpaired) electrons. The molecule has 1 N–H and O–H groups in total. The average Bonchev–Trinajstić information content (AvgIpc) is 2.48. The van der Waals surface area contributed by atoms with E-state index in [0.29, 0.717) is 43.5 Å². The second-order valence-electron chi connectivity index (χ2n) is 4.81. The maximum atomic E-state index is 11.1. The van der Waals surface area contributed by atoms with Crippen LogP contribution in [-0.4, -0.2) is 30.9 Å². The summed E-state index contributed by atoms with van der Waals surface area (Å²) in [5.74, 6) is 0.854. The first-order valence-corrected chi connectivity index (χ1v) is 7.85. The fourth-order valence-corrected chi connectivity index (χ4v) is 2.41. The third-order valence-corrected chi connectivity index (χ3v) is 3.34. The number of ether oxygens (including phenoxy) is 3. The van der Waals surface area contributed by atoms with Gasteiger partial charge >= 0.3 is 5.97 Å². The van der Waals surface area contributed by atoms with Crippen molar-refractivity contribution in [3.05, 3.63) is 17.7 Å². The quantitative estimate of drug-likeness (QED) is 0.711. The number of hydrogen-bond donors (Lipinski definition) is 1. The number of rotatable bonds is 10. The second kappa shape index (κ2) is 9.18. The van der Waals surface area contributed by atoms with E-state index >= 15 is 0 Å². The summed E-state index contributed by atoms with van der Waals surface area (Å²) in [4.78, 5) is 11.1. The van der Waals surface area contributed by atoms with Crippen molar-refractivity contribution in [3.8, 4) is 17.2 Å². The van der Waals surface area contributed by atoms with E-state index in [1.807, 2.05) is 39.8 Å². The minimum absolute atomic E-state index is 0.0656. The molecule has 0 aliphatic carbocycles. The molecule has 0 aliphatic heterocycles. The van der Waals surface area contributed by atoms with E-state index in [4.69, 9.17) is 19.3 Å². The number of carboxylic acids is 1. The molecule has 0 fully saturated rings. The van der Waals surface area contributed by atoms with Crippen molar-refractivity contribution < 1.29 is 24.1 Å². The molecule has 22 heavy (non-hydrogen) atoms. The number of carboxylic acid groups (broad SMARTS) is 1. The Bertz CT molecular complexity index is 484. The summed E-state index contributed by atoms with van der Waals surface area (Å²) in [6, 6.07) is 3.71. The summed E-state index contributed by atoms with van der Waals surface area (Å²) in [7, 11) is 0. The van der Waals surface area contributed by atoms with Gasteiger partial charge in [-0.25, -0.2) is 0 Å². The van der Waals surface area contributed by atoms with Crippen molar-refractivity contribution in [3.63, 3.8) is 0 Å². The van der Waals surface area contributed by atoms with Gasteiger partial charge in [-0.05, 0) is 39.2 Å². The van der Waals surface area contributed by atoms with E-state index in [9.17, 15) is 4.79 Å². The van der Waals surface area contributed by atoms with Crippen LogP contribution in [0.2, 0.25) is 0 Å². The van der Waals surface area contributed by atoms with Crippen LogP contribution in [0.5, 0.6) is 17.2 Å². The standard InChI is InChI=1S/C17H26O5/c1-5-12(11-15(18)19)13-9-10-14(20-6-2)17(22-8-4)16(13)21-7-3/h9-10,12H,5-8,11H2,1-4H3,(H,18,19). The normalized spacial score (nSPS) is 11.8. The van der Waals surface area contributed by atoms with Crippen molar-refractivity contribution in [2.45, 2.75) is 46.5 Å². The summed E-state index contributed by atoms with van der Waals surface area (Å²) in [5, 5.41) is 9.11. The van der Waals surface area contributed by atoms with E-state index in [1.165, 1.54) is 0 Å². The van der Waals surface area contributed by atoms with Gasteiger partial charge < -0.3 is 19.3 Å². The SMILES string of the molecule is CCOc1ccc(C(CC)CC(=O)O)c(OCC)c1OCC. The van der Waals surface area contributed by atoms with Crippen molar-refractivity contribution in [2.24, 2.45) is 0 Å². The molecule has 1 unspecified atom stereocenters. The van der Waals surface area contributed by atoms with Gasteiger partial charge in [0.2, 0.25) is 5.75 Å². The van der Waals surface area contributed by atoms with Crippen LogP contribution in [0.15, 0.2) is 12.1 Å². The number of carbonyl (C=O) groups is 1. The highest BCUT2D eigenvalue weighted by Gasteiger charge is 2.23. The molecule has 0 spiro atoms. The van der Waals surface area contributed by atoms with Crippen LogP contribution in [-0.2, 0) is 4.79 Å². The molecule has 5 heteroatoms. The van der Waals surface area contributed by atoms with Gasteiger partial charge in [0.25, 0.3) is 0 Å². The van der Waals surface area contributed by atoms with Gasteiger partial charge in [0.1, 0.15) is 0 Å². The van der Waals surface area contributed by atoms with Crippen LogP contribution in [0.4, 0.5) is 0 Å². The Morgan fingerprint density at radius 2 is 1.59 bits per heavy atom. The van der Waals surface area contributed by atoms with Gasteiger partial charge in [-0.1, -0.05) is 13.0 Å². The second-order valence-corrected chi connectivity index (χ2v) is 4.81. The first-order valence-electron chi connectivity index (χ1n) is 7.85. The van der Waals surface area contributed by atoms with Gasteiger partial charge in [0.05, 0.1) is 26.2 Å². The lowest BCUT2D eigenvalue weighted by atomic mass is 9.92. The van der Waals surface area contributed by atoms with Gasteiger partial charge in [0, 0.05) is 5.56 Å². The van der Waals surface area contributed by atoms with E-state index in [-0.39, 0.29) is 12.3 Å². The van der Waals surface area contributed by atoms with Crippen molar-refractivity contribution in [2.75, 3.05) is 19.8 Å². The molecule has 0 saturated heterocycles. The lowest BCUT2D eigenvalue weighted by Gasteiger charge is -2.22. The van der Waals surface area contributed by atoms with E-state index in [2.05, 4.69) is 0 Å². The molecule has 1 rings (SSSR count). The fraction of sp³-hybridized carbons (Fsp3) is 0.588. The molecule has 124 valence electrons. The molecule has 5 nitrogen and oxygen atoms in total. The van der Waals surface area contributed by atoms with Crippen LogP contribution in [0.1, 0.15) is 52.0 Å². The third kappa shape index (κ3) is 4.55. The smallest absolute Gasteiger partial charge is 0.303 e. The maximum Gasteiger partial charge on any atom is 0.303 e. The molecule has 0 aromatic heterocycles. The number of aliphatic carboxylic acids is 1. The van der Waals surface area contributed by atoms with Crippen molar-refractivity contribution in [1.82, 2.24) is 0 Å². The number of hydrogen-bond acceptors (Lipinski definition) is 4. The van der Waals surface area contributed by atoms with E-state index < -0.39 is 5.97 Å². The summed E-state index contributed by atoms with van der Waals surface area (Å²) in [6.45, 7) is 9.16. The molecule has 1 atom stereocenters. The molecule has 0 amide bonds. The zero-order chi connectivity index (χ0) is 16.5. The van der Waals surface area contributed by atoms with Crippen LogP contribution in [0.3, 0.4) is 0 Å². The number of benzene rings is 1. The summed E-state index contributed by atoms with van der Waals surface area (Å²) in [5.41, 5.74) is 0.860. The average molecular weight is 310 g/mol. The molecule has 1 aromatic rings. The summed E-state index contributed by atoms with van der Waals surface area (Å²) in [6.07, 6.45) is 0.780. The Kier molecular flexibility index (Phi) is 7.57. The van der Waals surface area contributed by atoms with Crippen LogP contribution in [0.25, 0.3) is 0 Å². The predicted molar refractivity (Wildman–Crippen MR) is 85.2 cm³/mol. The Hall–Kier alpha value is -1.91. The van der Waals surface area contributed by atoms with Gasteiger partial charge in [-0.3, -0.25) is 4.79 Å². The van der Waals surface area contributed by atoms with Crippen molar-refractivity contribution >= 4 is 5.97 Å². The Morgan fingerprint density at radius 1 is 1.00 bits per heavy atom. The lowest BCUT2D eigenvalue weighted by molar-refractivity contribution is -0.137. The van der Waals surface area contributed by atoms with E-state index in [1.54, 1.807) is 0 Å². The minimum Gasteiger partial charge on any atom is -0.490 e. The molecule has 0 bridgehead atoms. The van der Waals surface area contributed by atoms with Crippen molar-refractivity contribution in [1.29, 1.82) is 0 Å². The third-order valence-electron chi connectivity index (χ3n) is 3.34. The zero-order valence-corrected chi connectivity index (χ0v) is 13.8. The van der Waals surface area contributed by atoms with E-state index in [0.717, 1.165) is 5.56 Å². The molecular weight excluding hydrogens is 284 g/mol. The highest BCUT2D eigenvalue weighted by Crippen LogP contribution is 2.44. The zero-order valence-electron chi connectivity index (χ0n) is 13.8. The first-order chi connectivity index (χ1) is 10.6. The highest BCUT2D eigenvalue weighted by atomic mass is 16.5. The topological polar surface area (TPSA) is 65.0 Å².